The first-order valence-electron chi connectivity index (χ1n) is 3.45. The molecule has 9 heavy (non-hydrogen) atoms. The Kier molecular flexibility index (Phi) is 5.32. The van der Waals surface area contributed by atoms with Gasteiger partial charge >= 0.3 is 0 Å². The van der Waals surface area contributed by atoms with Gasteiger partial charge in [0.05, 0.1) is 0 Å². The first-order chi connectivity index (χ1) is 4.31. The van der Waals surface area contributed by atoms with Gasteiger partial charge in [-0.25, -0.2) is 0 Å². The van der Waals surface area contributed by atoms with E-state index in [1.807, 2.05) is 6.08 Å². The van der Waals surface area contributed by atoms with Gasteiger partial charge in [0.2, 0.25) is 0 Å². The predicted molar refractivity (Wildman–Crippen MR) is 40.8 cm³/mol. The molecule has 0 saturated carbocycles. The van der Waals surface area contributed by atoms with Crippen LogP contribution in [0.3, 0.4) is 0 Å². The van der Waals surface area contributed by atoms with Crippen LogP contribution >= 0.6 is 0 Å². The summed E-state index contributed by atoms with van der Waals surface area (Å²) in [5.41, 5.74) is 11.5. The Morgan fingerprint density at radius 3 is 2.67 bits per heavy atom. The Balaban J connectivity index is 3.21. The normalized spacial score (nSPS) is 12.0. The highest BCUT2D eigenvalue weighted by atomic mass is 14.7. The van der Waals surface area contributed by atoms with Gasteiger partial charge in [0.1, 0.15) is 0 Å². The molecule has 54 valence electrons. The van der Waals surface area contributed by atoms with Gasteiger partial charge in [-0.15, -0.1) is 0 Å². The molecule has 0 aliphatic carbocycles. The molecule has 0 aromatic rings. The second-order valence-corrected chi connectivity index (χ2v) is 2.13. The van der Waals surface area contributed by atoms with Crippen LogP contribution in [0.1, 0.15) is 26.2 Å². The summed E-state index contributed by atoms with van der Waals surface area (Å²) in [6.07, 6.45) is 5.50. The SMILES string of the molecule is CCCCC=C(N)CN. The van der Waals surface area contributed by atoms with Gasteiger partial charge in [-0.1, -0.05) is 25.8 Å². The highest BCUT2D eigenvalue weighted by Gasteiger charge is 1.82. The van der Waals surface area contributed by atoms with E-state index in [1.165, 1.54) is 12.8 Å². The Morgan fingerprint density at radius 1 is 1.56 bits per heavy atom. The Hall–Kier alpha value is -0.500. The van der Waals surface area contributed by atoms with Gasteiger partial charge < -0.3 is 11.5 Å². The van der Waals surface area contributed by atoms with Crippen molar-refractivity contribution in [2.24, 2.45) is 11.5 Å². The molecule has 0 radical (unpaired) electrons. The van der Waals surface area contributed by atoms with E-state index in [9.17, 15) is 0 Å². The van der Waals surface area contributed by atoms with E-state index in [0.29, 0.717) is 6.54 Å². The Morgan fingerprint density at radius 2 is 2.22 bits per heavy atom. The van der Waals surface area contributed by atoms with E-state index < -0.39 is 0 Å². The van der Waals surface area contributed by atoms with Crippen molar-refractivity contribution in [3.63, 3.8) is 0 Å². The van der Waals surface area contributed by atoms with Crippen molar-refractivity contribution in [1.82, 2.24) is 0 Å². The van der Waals surface area contributed by atoms with Crippen molar-refractivity contribution in [3.05, 3.63) is 11.8 Å². The number of hydrogen-bond donors (Lipinski definition) is 2. The molecule has 0 aromatic heterocycles. The molecule has 0 spiro atoms. The average molecular weight is 128 g/mol. The molecule has 0 heterocycles. The van der Waals surface area contributed by atoms with E-state index in [4.69, 9.17) is 11.5 Å². The third-order valence-corrected chi connectivity index (χ3v) is 1.20. The number of allylic oxidation sites excluding steroid dienone is 1. The van der Waals surface area contributed by atoms with Crippen LogP contribution in [0.4, 0.5) is 0 Å². The van der Waals surface area contributed by atoms with E-state index in [1.54, 1.807) is 0 Å². The minimum atomic E-state index is 0.490. The van der Waals surface area contributed by atoms with Crippen LogP contribution < -0.4 is 11.5 Å². The van der Waals surface area contributed by atoms with Gasteiger partial charge in [0, 0.05) is 12.2 Å². The second kappa shape index (κ2) is 5.63. The van der Waals surface area contributed by atoms with Gasteiger partial charge in [-0.2, -0.15) is 0 Å². The maximum Gasteiger partial charge on any atom is 0.0323 e. The largest absolute Gasteiger partial charge is 0.401 e. The molecule has 0 atom stereocenters. The topological polar surface area (TPSA) is 52.0 Å². The zero-order valence-corrected chi connectivity index (χ0v) is 6.06. The summed E-state index contributed by atoms with van der Waals surface area (Å²) < 4.78 is 0. The lowest BCUT2D eigenvalue weighted by Gasteiger charge is -1.93. The molecule has 0 amide bonds. The minimum absolute atomic E-state index is 0.490. The van der Waals surface area contributed by atoms with Crippen LogP contribution in [-0.4, -0.2) is 6.54 Å². The maximum atomic E-state index is 5.45. The molecule has 2 heteroatoms. The van der Waals surface area contributed by atoms with Crippen molar-refractivity contribution in [3.8, 4) is 0 Å². The molecule has 0 rings (SSSR count). The molecular weight excluding hydrogens is 112 g/mol. The van der Waals surface area contributed by atoms with Crippen LogP contribution in [0.15, 0.2) is 11.8 Å². The first-order valence-corrected chi connectivity index (χ1v) is 3.45. The fourth-order valence-electron chi connectivity index (χ4n) is 0.575. The van der Waals surface area contributed by atoms with Crippen LogP contribution in [0.25, 0.3) is 0 Å². The average Bonchev–Trinajstić information content (AvgIpc) is 1.89. The first kappa shape index (κ1) is 8.50. The molecule has 2 nitrogen and oxygen atoms in total. The number of hydrogen-bond acceptors (Lipinski definition) is 2. The molecule has 0 aliphatic rings. The summed E-state index contributed by atoms with van der Waals surface area (Å²) in [4.78, 5) is 0. The van der Waals surface area contributed by atoms with Crippen LogP contribution in [-0.2, 0) is 0 Å². The van der Waals surface area contributed by atoms with Crippen molar-refractivity contribution in [1.29, 1.82) is 0 Å². The monoisotopic (exact) mass is 128 g/mol. The number of nitrogens with two attached hydrogens (primary N) is 2. The van der Waals surface area contributed by atoms with Crippen LogP contribution in [0.2, 0.25) is 0 Å². The summed E-state index contributed by atoms with van der Waals surface area (Å²) in [7, 11) is 0. The smallest absolute Gasteiger partial charge is 0.0323 e. The zero-order valence-electron chi connectivity index (χ0n) is 6.06. The fourth-order valence-corrected chi connectivity index (χ4v) is 0.575. The number of rotatable bonds is 4. The van der Waals surface area contributed by atoms with E-state index in [2.05, 4.69) is 6.92 Å². The third-order valence-electron chi connectivity index (χ3n) is 1.20. The lowest BCUT2D eigenvalue weighted by atomic mass is 10.2. The summed E-state index contributed by atoms with van der Waals surface area (Å²) in [5, 5.41) is 0. The quantitative estimate of drug-likeness (QED) is 0.554. The summed E-state index contributed by atoms with van der Waals surface area (Å²) in [6, 6.07) is 0. The van der Waals surface area contributed by atoms with E-state index in [-0.39, 0.29) is 0 Å². The molecule has 0 fully saturated rings. The third kappa shape index (κ3) is 5.37. The summed E-state index contributed by atoms with van der Waals surface area (Å²) in [5.74, 6) is 0. The molecular formula is C7H16N2. The Labute approximate surface area is 56.9 Å². The fraction of sp³-hybridized carbons (Fsp3) is 0.714. The predicted octanol–water partition coefficient (Wildman–Crippen LogP) is 0.978. The van der Waals surface area contributed by atoms with E-state index >= 15 is 0 Å². The molecule has 0 aromatic carbocycles. The lowest BCUT2D eigenvalue weighted by Crippen LogP contribution is -2.10. The van der Waals surface area contributed by atoms with Crippen LogP contribution in [0, 0.1) is 0 Å². The van der Waals surface area contributed by atoms with Crippen molar-refractivity contribution in [2.75, 3.05) is 6.54 Å². The lowest BCUT2D eigenvalue weighted by molar-refractivity contribution is 0.807. The summed E-state index contributed by atoms with van der Waals surface area (Å²) >= 11 is 0. The van der Waals surface area contributed by atoms with Gasteiger partial charge in [0.25, 0.3) is 0 Å². The zero-order chi connectivity index (χ0) is 7.11. The molecule has 0 bridgehead atoms. The highest BCUT2D eigenvalue weighted by Crippen LogP contribution is 1.95. The molecule has 0 unspecified atom stereocenters. The second-order valence-electron chi connectivity index (χ2n) is 2.13. The van der Waals surface area contributed by atoms with Crippen molar-refractivity contribution >= 4 is 0 Å². The van der Waals surface area contributed by atoms with Crippen molar-refractivity contribution in [2.45, 2.75) is 26.2 Å². The maximum absolute atomic E-state index is 5.45. The molecule has 0 aliphatic heterocycles. The van der Waals surface area contributed by atoms with Gasteiger partial charge in [-0.3, -0.25) is 0 Å². The summed E-state index contributed by atoms with van der Waals surface area (Å²) in [6.45, 7) is 2.65. The number of unbranched alkanes of at least 4 members (excludes halogenated alkanes) is 2. The van der Waals surface area contributed by atoms with Crippen molar-refractivity contribution < 1.29 is 0 Å². The molecule has 0 saturated heterocycles. The van der Waals surface area contributed by atoms with Gasteiger partial charge in [-0.05, 0) is 6.42 Å². The highest BCUT2D eigenvalue weighted by molar-refractivity contribution is 4.96. The van der Waals surface area contributed by atoms with Crippen LogP contribution in [0.5, 0.6) is 0 Å². The minimum Gasteiger partial charge on any atom is -0.401 e. The Bertz CT molecular complexity index is 86.9. The standard InChI is InChI=1S/C7H16N2/c1-2-3-4-5-7(9)6-8/h5H,2-4,6,8-9H2,1H3. The van der Waals surface area contributed by atoms with Gasteiger partial charge in [0.15, 0.2) is 0 Å². The molecule has 4 N–H and O–H groups in total. The van der Waals surface area contributed by atoms with E-state index in [0.717, 1.165) is 12.1 Å².